The molecule has 6 heteroatoms. The Morgan fingerprint density at radius 3 is 2.61 bits per heavy atom. The molecule has 0 amide bonds. The van der Waals surface area contributed by atoms with Crippen molar-refractivity contribution >= 4 is 39.7 Å². The van der Waals surface area contributed by atoms with Crippen molar-refractivity contribution in [3.63, 3.8) is 0 Å². The number of carbonyl (C=O) groups is 1. The van der Waals surface area contributed by atoms with E-state index in [1.807, 2.05) is 37.3 Å². The summed E-state index contributed by atoms with van der Waals surface area (Å²) in [6.07, 6.45) is 2.49. The van der Waals surface area contributed by atoms with Crippen LogP contribution >= 0.6 is 11.3 Å². The first kappa shape index (κ1) is 19.8. The second-order valence-corrected chi connectivity index (χ2v) is 8.67. The van der Waals surface area contributed by atoms with E-state index in [1.165, 1.54) is 4.57 Å². The second kappa shape index (κ2) is 7.25. The minimum atomic E-state index is -0.703. The van der Waals surface area contributed by atoms with Crippen LogP contribution in [0, 0.1) is 16.7 Å². The molecule has 0 bridgehead atoms. The van der Waals surface area contributed by atoms with E-state index < -0.39 is 5.41 Å². The normalized spacial score (nSPS) is 13.6. The standard InChI is InChI=1S/C22H22N2O3S/c1-6-16-14(13-9-7-8-10-17(13)27-16)11-18-20(26)24(5)21(28-18)15(12-23)19(25)22(2,3)4/h7-11H,6H2,1-5H3/b18-11-,21-15-. The van der Waals surface area contributed by atoms with Gasteiger partial charge in [0.2, 0.25) is 0 Å². The van der Waals surface area contributed by atoms with Crippen molar-refractivity contribution in [3.8, 4) is 6.07 Å². The summed E-state index contributed by atoms with van der Waals surface area (Å²) in [7, 11) is 1.59. The molecule has 0 N–H and O–H groups in total. The molecule has 0 aliphatic heterocycles. The fourth-order valence-electron chi connectivity index (χ4n) is 3.02. The van der Waals surface area contributed by atoms with Crippen LogP contribution in [0.4, 0.5) is 0 Å². The third-order valence-electron chi connectivity index (χ3n) is 4.57. The first-order chi connectivity index (χ1) is 13.2. The molecule has 0 saturated heterocycles. The summed E-state index contributed by atoms with van der Waals surface area (Å²) in [6.45, 7) is 7.28. The fraction of sp³-hybridized carbons (Fsp3) is 0.318. The van der Waals surface area contributed by atoms with Crippen molar-refractivity contribution in [2.45, 2.75) is 34.1 Å². The molecule has 28 heavy (non-hydrogen) atoms. The number of aryl methyl sites for hydroxylation is 1. The number of para-hydroxylation sites is 1. The van der Waals surface area contributed by atoms with Gasteiger partial charge in [0, 0.05) is 29.8 Å². The minimum Gasteiger partial charge on any atom is -0.460 e. The summed E-state index contributed by atoms with van der Waals surface area (Å²) in [5.41, 5.74) is 0.715. The van der Waals surface area contributed by atoms with Gasteiger partial charge in [-0.2, -0.15) is 5.26 Å². The zero-order chi connectivity index (χ0) is 20.6. The topological polar surface area (TPSA) is 76.0 Å². The Hall–Kier alpha value is -2.91. The summed E-state index contributed by atoms with van der Waals surface area (Å²) < 4.78 is 8.13. The first-order valence-electron chi connectivity index (χ1n) is 9.06. The molecule has 3 rings (SSSR count). The Morgan fingerprint density at radius 1 is 1.32 bits per heavy atom. The molecule has 5 nitrogen and oxygen atoms in total. The van der Waals surface area contributed by atoms with E-state index in [4.69, 9.17) is 4.42 Å². The summed E-state index contributed by atoms with van der Waals surface area (Å²) in [5.74, 6) is 0.523. The van der Waals surface area contributed by atoms with Crippen molar-refractivity contribution < 1.29 is 9.21 Å². The highest BCUT2D eigenvalue weighted by atomic mass is 32.1. The summed E-state index contributed by atoms with van der Waals surface area (Å²) in [6, 6.07) is 9.69. The molecule has 0 atom stereocenters. The van der Waals surface area contributed by atoms with Gasteiger partial charge in [0.15, 0.2) is 5.78 Å². The maximum Gasteiger partial charge on any atom is 0.268 e. The Kier molecular flexibility index (Phi) is 5.14. The Balaban J connectivity index is 2.35. The number of benzene rings is 1. The maximum atomic E-state index is 12.8. The smallest absolute Gasteiger partial charge is 0.268 e. The van der Waals surface area contributed by atoms with Crippen LogP contribution in [0.25, 0.3) is 22.6 Å². The Morgan fingerprint density at radius 2 is 2.00 bits per heavy atom. The lowest BCUT2D eigenvalue weighted by atomic mass is 9.87. The van der Waals surface area contributed by atoms with Crippen molar-refractivity contribution in [1.29, 1.82) is 5.26 Å². The van der Waals surface area contributed by atoms with Crippen LogP contribution in [0.2, 0.25) is 0 Å². The Bertz CT molecular complexity index is 1290. The molecule has 0 radical (unpaired) electrons. The molecule has 2 aromatic heterocycles. The summed E-state index contributed by atoms with van der Waals surface area (Å²) in [5, 5.41) is 10.5. The number of nitrogens with zero attached hydrogens (tertiary/aromatic N) is 2. The number of fused-ring (bicyclic) bond motifs is 1. The summed E-state index contributed by atoms with van der Waals surface area (Å²) >= 11 is 1.16. The lowest BCUT2D eigenvalue weighted by molar-refractivity contribution is -0.120. The van der Waals surface area contributed by atoms with Gasteiger partial charge in [0.1, 0.15) is 27.6 Å². The minimum absolute atomic E-state index is 0.0181. The zero-order valence-electron chi connectivity index (χ0n) is 16.6. The van der Waals surface area contributed by atoms with Gasteiger partial charge in [-0.05, 0) is 12.1 Å². The molecule has 0 spiro atoms. The molecule has 144 valence electrons. The highest BCUT2D eigenvalue weighted by molar-refractivity contribution is 7.07. The average Bonchev–Trinajstić information content (AvgIpc) is 3.15. The highest BCUT2D eigenvalue weighted by Crippen LogP contribution is 2.26. The van der Waals surface area contributed by atoms with E-state index in [1.54, 1.807) is 33.9 Å². The van der Waals surface area contributed by atoms with Crippen molar-refractivity contribution in [2.75, 3.05) is 0 Å². The molecule has 0 aliphatic rings. The van der Waals surface area contributed by atoms with Crippen LogP contribution in [0.1, 0.15) is 39.0 Å². The molecule has 3 aromatic rings. The van der Waals surface area contributed by atoms with Gasteiger partial charge in [-0.15, -0.1) is 11.3 Å². The monoisotopic (exact) mass is 394 g/mol. The van der Waals surface area contributed by atoms with Crippen molar-refractivity contribution in [1.82, 2.24) is 4.57 Å². The highest BCUT2D eigenvalue weighted by Gasteiger charge is 2.27. The van der Waals surface area contributed by atoms with Crippen molar-refractivity contribution in [3.05, 3.63) is 55.1 Å². The molecular weight excluding hydrogens is 372 g/mol. The zero-order valence-corrected chi connectivity index (χ0v) is 17.4. The predicted molar refractivity (Wildman–Crippen MR) is 111 cm³/mol. The SMILES string of the molecule is CCc1oc2ccccc2c1/C=c1\s/c(=C(/C#N)C(=O)C(C)(C)C)n(C)c1=O. The van der Waals surface area contributed by atoms with Gasteiger partial charge < -0.3 is 8.98 Å². The lowest BCUT2D eigenvalue weighted by Gasteiger charge is -2.15. The number of hydrogen-bond acceptors (Lipinski definition) is 5. The average molecular weight is 394 g/mol. The molecule has 1 aromatic carbocycles. The van der Waals surface area contributed by atoms with Crippen molar-refractivity contribution in [2.24, 2.45) is 12.5 Å². The second-order valence-electron chi connectivity index (χ2n) is 7.63. The fourth-order valence-corrected chi connectivity index (χ4v) is 4.09. The van der Waals surface area contributed by atoms with Crippen LogP contribution in [0.5, 0.6) is 0 Å². The van der Waals surface area contributed by atoms with Gasteiger partial charge in [0.25, 0.3) is 5.56 Å². The molecule has 0 fully saturated rings. The number of ketones is 1. The van der Waals surface area contributed by atoms with Crippen LogP contribution in [0.3, 0.4) is 0 Å². The third kappa shape index (κ3) is 3.34. The molecule has 0 unspecified atom stereocenters. The predicted octanol–water partition coefficient (Wildman–Crippen LogP) is 2.87. The number of rotatable bonds is 3. The van der Waals surface area contributed by atoms with Gasteiger partial charge in [-0.3, -0.25) is 9.59 Å². The quantitative estimate of drug-likeness (QED) is 0.684. The van der Waals surface area contributed by atoms with Gasteiger partial charge in [0.05, 0.1) is 4.53 Å². The lowest BCUT2D eigenvalue weighted by Crippen LogP contribution is -2.32. The van der Waals surface area contributed by atoms with Crippen LogP contribution < -0.4 is 14.8 Å². The van der Waals surface area contributed by atoms with E-state index >= 15 is 0 Å². The number of furan rings is 1. The number of thiazole rings is 1. The number of aromatic nitrogens is 1. The van der Waals surface area contributed by atoms with Crippen LogP contribution in [-0.2, 0) is 18.3 Å². The van der Waals surface area contributed by atoms with Gasteiger partial charge >= 0.3 is 0 Å². The first-order valence-corrected chi connectivity index (χ1v) is 9.87. The number of nitriles is 1. The molecule has 0 aliphatic carbocycles. The summed E-state index contributed by atoms with van der Waals surface area (Å²) in [4.78, 5) is 25.5. The van der Waals surface area contributed by atoms with E-state index in [2.05, 4.69) is 0 Å². The van der Waals surface area contributed by atoms with Gasteiger partial charge in [-0.25, -0.2) is 0 Å². The Labute approximate surface area is 166 Å². The molecule has 2 heterocycles. The van der Waals surface area contributed by atoms with E-state index in [0.29, 0.717) is 15.6 Å². The van der Waals surface area contributed by atoms with E-state index in [9.17, 15) is 14.9 Å². The van der Waals surface area contributed by atoms with E-state index in [-0.39, 0.29) is 16.9 Å². The molecule has 0 saturated carbocycles. The largest absolute Gasteiger partial charge is 0.460 e. The maximum absolute atomic E-state index is 12.8. The van der Waals surface area contributed by atoms with Gasteiger partial charge in [-0.1, -0.05) is 45.9 Å². The van der Waals surface area contributed by atoms with E-state index in [0.717, 1.165) is 33.6 Å². The van der Waals surface area contributed by atoms with Crippen LogP contribution in [-0.4, -0.2) is 10.4 Å². The number of Topliss-reactive ketones (excluding diaryl/α,β-unsaturated/α-hetero) is 1. The number of carbonyl (C=O) groups excluding carboxylic acids is 1. The van der Waals surface area contributed by atoms with Crippen LogP contribution in [0.15, 0.2) is 33.5 Å². The third-order valence-corrected chi connectivity index (χ3v) is 5.75. The molecular formula is C22H22N2O3S. The number of hydrogen-bond donors (Lipinski definition) is 0.